The van der Waals surface area contributed by atoms with Crippen molar-refractivity contribution in [3.05, 3.63) is 0 Å². The summed E-state index contributed by atoms with van der Waals surface area (Å²) < 4.78 is 0. The van der Waals surface area contributed by atoms with Gasteiger partial charge in [0, 0.05) is 39.6 Å². The van der Waals surface area contributed by atoms with Gasteiger partial charge in [-0.3, -0.25) is 4.79 Å². The van der Waals surface area contributed by atoms with Crippen molar-refractivity contribution in [2.24, 2.45) is 0 Å². The maximum atomic E-state index is 11.2. The van der Waals surface area contributed by atoms with Crippen molar-refractivity contribution < 1.29 is 9.90 Å². The normalized spacial score (nSPS) is 19.8. The minimum absolute atomic E-state index is 0.140. The number of nitrogens with zero attached hydrogens (tertiary/aromatic N) is 2. The molecule has 1 aliphatic rings. The third kappa shape index (κ3) is 4.10. The van der Waals surface area contributed by atoms with Gasteiger partial charge >= 0.3 is 0 Å². The average Bonchev–Trinajstić information content (AvgIpc) is 2.15. The van der Waals surface area contributed by atoms with Gasteiger partial charge in [0.05, 0.1) is 5.60 Å². The van der Waals surface area contributed by atoms with E-state index in [1.54, 1.807) is 6.92 Å². The first-order valence-corrected chi connectivity index (χ1v) is 5.98. The van der Waals surface area contributed by atoms with Crippen LogP contribution < -0.4 is 0 Å². The van der Waals surface area contributed by atoms with Crippen LogP contribution in [-0.4, -0.2) is 59.1 Å². The van der Waals surface area contributed by atoms with Gasteiger partial charge in [0.15, 0.2) is 0 Å². The van der Waals surface area contributed by atoms with Crippen LogP contribution in [0.1, 0.15) is 33.6 Å². The Bertz CT molecular complexity index is 240. The van der Waals surface area contributed by atoms with Gasteiger partial charge in [-0.25, -0.2) is 0 Å². The zero-order chi connectivity index (χ0) is 12.3. The molecule has 0 spiro atoms. The van der Waals surface area contributed by atoms with Gasteiger partial charge in [0.25, 0.3) is 0 Å². The Hall–Kier alpha value is -0.610. The molecule has 1 fully saturated rings. The molecule has 0 atom stereocenters. The highest BCUT2D eigenvalue weighted by Crippen LogP contribution is 2.17. The van der Waals surface area contributed by atoms with Gasteiger partial charge in [0.2, 0.25) is 5.91 Å². The third-order valence-corrected chi connectivity index (χ3v) is 3.21. The van der Waals surface area contributed by atoms with Crippen LogP contribution in [0.2, 0.25) is 0 Å². The number of carbonyl (C=O) groups excluding carboxylic acids is 1. The SMILES string of the molecule is CC(=O)N(C)C1CCN(CC(C)(C)O)CC1. The zero-order valence-corrected chi connectivity index (χ0v) is 10.9. The quantitative estimate of drug-likeness (QED) is 0.773. The number of carbonyl (C=O) groups is 1. The van der Waals surface area contributed by atoms with Crippen LogP contribution in [0.3, 0.4) is 0 Å². The summed E-state index contributed by atoms with van der Waals surface area (Å²) in [5, 5.41) is 9.73. The van der Waals surface area contributed by atoms with E-state index in [9.17, 15) is 9.90 Å². The molecule has 0 aromatic carbocycles. The Labute approximate surface area is 98.2 Å². The number of β-amino-alcohol motifs (C(OH)–C–C–N with tert-alkyl or cyclic N) is 1. The fraction of sp³-hybridized carbons (Fsp3) is 0.917. The van der Waals surface area contributed by atoms with Crippen LogP contribution in [-0.2, 0) is 4.79 Å². The zero-order valence-electron chi connectivity index (χ0n) is 10.9. The minimum Gasteiger partial charge on any atom is -0.389 e. The number of piperidine rings is 1. The van der Waals surface area contributed by atoms with Crippen molar-refractivity contribution in [2.45, 2.75) is 45.3 Å². The molecule has 16 heavy (non-hydrogen) atoms. The van der Waals surface area contributed by atoms with E-state index in [0.29, 0.717) is 12.6 Å². The second-order valence-corrected chi connectivity index (χ2v) is 5.45. The number of aliphatic hydroxyl groups is 1. The van der Waals surface area contributed by atoms with Gasteiger partial charge in [0.1, 0.15) is 0 Å². The molecule has 1 N–H and O–H groups in total. The van der Waals surface area contributed by atoms with E-state index in [4.69, 9.17) is 0 Å². The summed E-state index contributed by atoms with van der Waals surface area (Å²) >= 11 is 0. The van der Waals surface area contributed by atoms with Crippen molar-refractivity contribution in [1.82, 2.24) is 9.80 Å². The molecule has 4 heteroatoms. The topological polar surface area (TPSA) is 43.8 Å². The van der Waals surface area contributed by atoms with Crippen LogP contribution >= 0.6 is 0 Å². The van der Waals surface area contributed by atoms with E-state index < -0.39 is 5.60 Å². The lowest BCUT2D eigenvalue weighted by molar-refractivity contribution is -0.130. The smallest absolute Gasteiger partial charge is 0.219 e. The van der Waals surface area contributed by atoms with E-state index in [-0.39, 0.29) is 5.91 Å². The first-order chi connectivity index (χ1) is 7.29. The van der Waals surface area contributed by atoms with E-state index >= 15 is 0 Å². The van der Waals surface area contributed by atoms with E-state index in [1.165, 1.54) is 0 Å². The number of rotatable bonds is 3. The highest BCUT2D eigenvalue weighted by Gasteiger charge is 2.26. The molecule has 1 aliphatic heterocycles. The second kappa shape index (κ2) is 5.15. The molecule has 0 bridgehead atoms. The van der Waals surface area contributed by atoms with E-state index in [0.717, 1.165) is 25.9 Å². The number of likely N-dealkylation sites (tertiary alicyclic amines) is 1. The molecule has 94 valence electrons. The number of hydrogen-bond donors (Lipinski definition) is 1. The predicted octanol–water partition coefficient (Wildman–Crippen LogP) is 0.700. The van der Waals surface area contributed by atoms with Crippen molar-refractivity contribution >= 4 is 5.91 Å². The maximum Gasteiger partial charge on any atom is 0.219 e. The predicted molar refractivity (Wildman–Crippen MR) is 64.2 cm³/mol. The molecule has 0 saturated carbocycles. The summed E-state index contributed by atoms with van der Waals surface area (Å²) in [5.41, 5.74) is -0.626. The standard InChI is InChI=1S/C12H24N2O2/c1-10(15)13(4)11-5-7-14(8-6-11)9-12(2,3)16/h11,16H,5-9H2,1-4H3. The molecular weight excluding hydrogens is 204 g/mol. The maximum absolute atomic E-state index is 11.2. The van der Waals surface area contributed by atoms with Crippen LogP contribution in [0.5, 0.6) is 0 Å². The molecule has 0 unspecified atom stereocenters. The van der Waals surface area contributed by atoms with Gasteiger partial charge in [-0.2, -0.15) is 0 Å². The Balaban J connectivity index is 2.37. The van der Waals surface area contributed by atoms with Gasteiger partial charge in [-0.1, -0.05) is 0 Å². The molecule has 0 aromatic heterocycles. The molecule has 4 nitrogen and oxygen atoms in total. The van der Waals surface area contributed by atoms with Gasteiger partial charge in [-0.15, -0.1) is 0 Å². The van der Waals surface area contributed by atoms with Crippen molar-refractivity contribution in [3.63, 3.8) is 0 Å². The molecule has 1 amide bonds. The lowest BCUT2D eigenvalue weighted by Gasteiger charge is -2.38. The third-order valence-electron chi connectivity index (χ3n) is 3.21. The first kappa shape index (κ1) is 13.5. The van der Waals surface area contributed by atoms with Crippen LogP contribution in [0.4, 0.5) is 0 Å². The largest absolute Gasteiger partial charge is 0.389 e. The number of amides is 1. The highest BCUT2D eigenvalue weighted by molar-refractivity contribution is 5.73. The fourth-order valence-electron chi connectivity index (χ4n) is 2.27. The highest BCUT2D eigenvalue weighted by atomic mass is 16.3. The summed E-state index contributed by atoms with van der Waals surface area (Å²) in [6.45, 7) is 7.92. The fourth-order valence-corrected chi connectivity index (χ4v) is 2.27. The van der Waals surface area contributed by atoms with Crippen molar-refractivity contribution in [1.29, 1.82) is 0 Å². The lowest BCUT2D eigenvalue weighted by Crippen LogP contribution is -2.48. The van der Waals surface area contributed by atoms with Crippen LogP contribution in [0.25, 0.3) is 0 Å². The van der Waals surface area contributed by atoms with Crippen LogP contribution in [0, 0.1) is 0 Å². The van der Waals surface area contributed by atoms with Crippen LogP contribution in [0.15, 0.2) is 0 Å². The molecular formula is C12H24N2O2. The molecule has 0 aliphatic carbocycles. The monoisotopic (exact) mass is 228 g/mol. The average molecular weight is 228 g/mol. The minimum atomic E-state index is -0.626. The molecule has 0 radical (unpaired) electrons. The molecule has 1 rings (SSSR count). The van der Waals surface area contributed by atoms with Crippen molar-refractivity contribution in [3.8, 4) is 0 Å². The Kier molecular flexibility index (Phi) is 4.33. The van der Waals surface area contributed by atoms with E-state index in [2.05, 4.69) is 4.90 Å². The number of hydrogen-bond acceptors (Lipinski definition) is 3. The summed E-state index contributed by atoms with van der Waals surface area (Å²) in [6, 6.07) is 0.371. The lowest BCUT2D eigenvalue weighted by atomic mass is 10.0. The van der Waals surface area contributed by atoms with Gasteiger partial charge in [-0.05, 0) is 26.7 Å². The summed E-state index contributed by atoms with van der Waals surface area (Å²) in [6.07, 6.45) is 2.01. The summed E-state index contributed by atoms with van der Waals surface area (Å²) in [7, 11) is 1.87. The Morgan fingerprint density at radius 3 is 2.31 bits per heavy atom. The Morgan fingerprint density at radius 1 is 1.44 bits per heavy atom. The Morgan fingerprint density at radius 2 is 1.94 bits per heavy atom. The molecule has 1 heterocycles. The summed E-state index contributed by atoms with van der Waals surface area (Å²) in [5.74, 6) is 0.140. The van der Waals surface area contributed by atoms with Gasteiger partial charge < -0.3 is 14.9 Å². The molecule has 0 aromatic rings. The van der Waals surface area contributed by atoms with E-state index in [1.807, 2.05) is 25.8 Å². The molecule has 1 saturated heterocycles. The van der Waals surface area contributed by atoms with Crippen molar-refractivity contribution in [2.75, 3.05) is 26.7 Å². The first-order valence-electron chi connectivity index (χ1n) is 5.98. The second-order valence-electron chi connectivity index (χ2n) is 5.45. The summed E-state index contributed by atoms with van der Waals surface area (Å²) in [4.78, 5) is 15.3.